The molecule has 0 unspecified atom stereocenters. The molecule has 0 amide bonds. The first kappa shape index (κ1) is 14.5. The molecule has 0 aromatic heterocycles. The molecular formula is C16H12NO7+. The summed E-state index contributed by atoms with van der Waals surface area (Å²) in [6.45, 7) is -0.0765. The van der Waals surface area contributed by atoms with Crippen LogP contribution < -0.4 is 14.7 Å². The van der Waals surface area contributed by atoms with Crippen LogP contribution in [0.1, 0.15) is 10.4 Å². The molecule has 1 heterocycles. The van der Waals surface area contributed by atoms with E-state index < -0.39 is 11.2 Å². The van der Waals surface area contributed by atoms with Crippen molar-refractivity contribution >= 4 is 33.2 Å². The molecule has 0 saturated carbocycles. The molecule has 24 heavy (non-hydrogen) atoms. The fourth-order valence-electron chi connectivity index (χ4n) is 3.04. The molecule has 8 heteroatoms. The maximum absolute atomic E-state index is 11.7. The minimum absolute atomic E-state index is 0.0119. The SMILES string of the molecule is O=C(O)c1cc2c(c3c1c([NH+](O)O)cc1ccc(O)cc13)OCO2. The van der Waals surface area contributed by atoms with Crippen LogP contribution in [0, 0.1) is 0 Å². The highest BCUT2D eigenvalue weighted by Gasteiger charge is 2.29. The summed E-state index contributed by atoms with van der Waals surface area (Å²) >= 11 is 0. The summed E-state index contributed by atoms with van der Waals surface area (Å²) in [5, 5.41) is 39.2. The maximum Gasteiger partial charge on any atom is 0.336 e. The first-order chi connectivity index (χ1) is 11.5. The van der Waals surface area contributed by atoms with Crippen LogP contribution in [-0.2, 0) is 0 Å². The normalized spacial score (nSPS) is 13.1. The van der Waals surface area contributed by atoms with Gasteiger partial charge in [-0.2, -0.15) is 10.4 Å². The zero-order chi connectivity index (χ0) is 17.0. The summed E-state index contributed by atoms with van der Waals surface area (Å²) in [7, 11) is 0. The molecule has 0 bridgehead atoms. The van der Waals surface area contributed by atoms with E-state index in [0.717, 1.165) is 0 Å². The second-order valence-electron chi connectivity index (χ2n) is 5.37. The fraction of sp³-hybridized carbons (Fsp3) is 0.0625. The predicted molar refractivity (Wildman–Crippen MR) is 80.4 cm³/mol. The lowest BCUT2D eigenvalue weighted by atomic mass is 9.95. The Labute approximate surface area is 134 Å². The number of hydrogen-bond donors (Lipinski definition) is 5. The monoisotopic (exact) mass is 330 g/mol. The number of aromatic hydroxyl groups is 1. The van der Waals surface area contributed by atoms with Crippen LogP contribution in [-0.4, -0.2) is 33.4 Å². The number of ether oxygens (including phenoxy) is 2. The van der Waals surface area contributed by atoms with E-state index in [1.807, 2.05) is 0 Å². The lowest BCUT2D eigenvalue weighted by Crippen LogP contribution is -3.02. The number of carboxylic acid groups (broad SMARTS) is 1. The van der Waals surface area contributed by atoms with Crippen LogP contribution in [0.15, 0.2) is 30.3 Å². The molecule has 122 valence electrons. The van der Waals surface area contributed by atoms with E-state index in [1.54, 1.807) is 6.07 Å². The van der Waals surface area contributed by atoms with Crippen molar-refractivity contribution < 1.29 is 40.1 Å². The molecule has 0 spiro atoms. The minimum Gasteiger partial charge on any atom is -0.508 e. The van der Waals surface area contributed by atoms with Gasteiger partial charge in [0.1, 0.15) is 5.75 Å². The smallest absolute Gasteiger partial charge is 0.336 e. The quantitative estimate of drug-likeness (QED) is 0.356. The maximum atomic E-state index is 11.7. The number of aromatic carboxylic acids is 1. The number of phenolic OH excluding ortho intramolecular Hbond substituents is 1. The zero-order valence-electron chi connectivity index (χ0n) is 12.1. The summed E-state index contributed by atoms with van der Waals surface area (Å²) in [5.74, 6) is -0.713. The molecule has 0 atom stereocenters. The highest BCUT2D eigenvalue weighted by molar-refractivity contribution is 6.21. The Bertz CT molecular complexity index is 1010. The van der Waals surface area contributed by atoms with Crippen LogP contribution >= 0.6 is 0 Å². The predicted octanol–water partition coefficient (Wildman–Crippen LogP) is 1.42. The third kappa shape index (κ3) is 1.95. The summed E-state index contributed by atoms with van der Waals surface area (Å²) in [6.07, 6.45) is 0. The highest BCUT2D eigenvalue weighted by Crippen LogP contribution is 2.46. The average molecular weight is 330 g/mol. The zero-order valence-corrected chi connectivity index (χ0v) is 12.1. The Hall–Kier alpha value is -3.07. The number of quaternary nitrogens is 1. The summed E-state index contributed by atoms with van der Waals surface area (Å²) < 4.78 is 10.8. The van der Waals surface area contributed by atoms with Crippen molar-refractivity contribution in [3.63, 3.8) is 0 Å². The van der Waals surface area contributed by atoms with Gasteiger partial charge in [0.25, 0.3) is 0 Å². The van der Waals surface area contributed by atoms with Crippen LogP contribution in [0.3, 0.4) is 0 Å². The van der Waals surface area contributed by atoms with Gasteiger partial charge in [-0.1, -0.05) is 6.07 Å². The molecule has 8 nitrogen and oxygen atoms in total. The van der Waals surface area contributed by atoms with E-state index in [9.17, 15) is 25.4 Å². The molecule has 0 aliphatic carbocycles. The van der Waals surface area contributed by atoms with Crippen molar-refractivity contribution in [2.45, 2.75) is 0 Å². The Morgan fingerprint density at radius 1 is 1.08 bits per heavy atom. The minimum atomic E-state index is -1.25. The molecule has 4 rings (SSSR count). The van der Waals surface area contributed by atoms with E-state index in [2.05, 4.69) is 0 Å². The molecule has 0 saturated heterocycles. The topological polar surface area (TPSA) is 121 Å². The number of benzene rings is 3. The van der Waals surface area contributed by atoms with E-state index >= 15 is 0 Å². The van der Waals surface area contributed by atoms with Gasteiger partial charge in [-0.3, -0.25) is 0 Å². The number of rotatable bonds is 2. The van der Waals surface area contributed by atoms with Crippen LogP contribution in [0.4, 0.5) is 5.69 Å². The largest absolute Gasteiger partial charge is 0.508 e. The second-order valence-corrected chi connectivity index (χ2v) is 5.37. The highest BCUT2D eigenvalue weighted by atomic mass is 16.8. The molecule has 5 N–H and O–H groups in total. The van der Waals surface area contributed by atoms with Crippen molar-refractivity contribution in [2.75, 3.05) is 6.79 Å². The van der Waals surface area contributed by atoms with E-state index in [4.69, 9.17) is 9.47 Å². The lowest BCUT2D eigenvalue weighted by Gasteiger charge is -2.13. The van der Waals surface area contributed by atoms with E-state index in [0.29, 0.717) is 21.9 Å². The van der Waals surface area contributed by atoms with Crippen LogP contribution in [0.2, 0.25) is 0 Å². The van der Waals surface area contributed by atoms with Gasteiger partial charge in [0, 0.05) is 11.5 Å². The van der Waals surface area contributed by atoms with Gasteiger partial charge in [0.15, 0.2) is 11.5 Å². The first-order valence-electron chi connectivity index (χ1n) is 6.98. The van der Waals surface area contributed by atoms with Crippen molar-refractivity contribution in [2.24, 2.45) is 0 Å². The van der Waals surface area contributed by atoms with Gasteiger partial charge in [-0.15, -0.1) is 0 Å². The third-order valence-corrected chi connectivity index (χ3v) is 4.01. The number of carboxylic acids is 1. The number of nitrogens with one attached hydrogen (secondary N) is 1. The van der Waals surface area contributed by atoms with Crippen molar-refractivity contribution in [1.82, 2.24) is 0 Å². The summed E-state index contributed by atoms with van der Waals surface area (Å²) in [4.78, 5) is 11.7. The van der Waals surface area contributed by atoms with Crippen molar-refractivity contribution in [1.29, 1.82) is 0 Å². The van der Waals surface area contributed by atoms with Gasteiger partial charge < -0.3 is 19.7 Å². The fourth-order valence-corrected chi connectivity index (χ4v) is 3.04. The van der Waals surface area contributed by atoms with Crippen LogP contribution in [0.5, 0.6) is 17.2 Å². The van der Waals surface area contributed by atoms with Gasteiger partial charge in [0.05, 0.1) is 10.9 Å². The molecule has 1 aliphatic rings. The van der Waals surface area contributed by atoms with Gasteiger partial charge in [0.2, 0.25) is 12.5 Å². The summed E-state index contributed by atoms with van der Waals surface area (Å²) in [6, 6.07) is 7.23. The van der Waals surface area contributed by atoms with E-state index in [1.165, 1.54) is 24.3 Å². The Kier molecular flexibility index (Phi) is 3.00. The molecule has 1 aliphatic heterocycles. The standard InChI is InChI=1S/C16H11NO7/c18-8-2-1-7-3-11(17(21)22)13-10(16(19)20)5-12-15(24-6-23-12)14(13)9(7)4-8/h1-5,18,21-22H,6H2,(H,19,20)/p+1. The first-order valence-corrected chi connectivity index (χ1v) is 6.98. The molecule has 3 aromatic rings. The van der Waals surface area contributed by atoms with Gasteiger partial charge in [-0.05, 0) is 34.2 Å². The Morgan fingerprint density at radius 3 is 2.58 bits per heavy atom. The van der Waals surface area contributed by atoms with Crippen molar-refractivity contribution in [3.8, 4) is 17.2 Å². The Morgan fingerprint density at radius 2 is 1.88 bits per heavy atom. The molecule has 0 fully saturated rings. The Balaban J connectivity index is 2.32. The third-order valence-electron chi connectivity index (χ3n) is 4.01. The molecular weight excluding hydrogens is 318 g/mol. The van der Waals surface area contributed by atoms with Gasteiger partial charge in [-0.25, -0.2) is 4.79 Å². The van der Waals surface area contributed by atoms with E-state index in [-0.39, 0.29) is 34.9 Å². The number of phenols is 1. The van der Waals surface area contributed by atoms with Gasteiger partial charge >= 0.3 is 5.97 Å². The summed E-state index contributed by atoms with van der Waals surface area (Å²) in [5.41, 5.74) is -0.200. The van der Waals surface area contributed by atoms with Crippen LogP contribution in [0.25, 0.3) is 21.5 Å². The number of fused-ring (bicyclic) bond motifs is 5. The van der Waals surface area contributed by atoms with Crippen molar-refractivity contribution in [3.05, 3.63) is 35.9 Å². The number of hydrogen-bond acceptors (Lipinski definition) is 6. The molecule has 0 radical (unpaired) electrons. The average Bonchev–Trinajstić information content (AvgIpc) is 3.00. The second kappa shape index (κ2) is 4.96. The lowest BCUT2D eigenvalue weighted by molar-refractivity contribution is -1.19. The molecule has 3 aromatic carbocycles. The number of carbonyl (C=O) groups is 1.